The Morgan fingerprint density at radius 1 is 1.58 bits per heavy atom. The first kappa shape index (κ1) is 14.4. The van der Waals surface area contributed by atoms with Crippen molar-refractivity contribution in [3.05, 3.63) is 23.0 Å². The molecule has 0 unspecified atom stereocenters. The number of carbonyl (C=O) groups is 1. The lowest BCUT2D eigenvalue weighted by Crippen LogP contribution is -2.26. The van der Waals surface area contributed by atoms with Crippen LogP contribution in [-0.4, -0.2) is 29.7 Å². The van der Waals surface area contributed by atoms with Crippen molar-refractivity contribution in [2.45, 2.75) is 38.2 Å². The Bertz CT molecular complexity index is 425. The third kappa shape index (κ3) is 4.25. The highest BCUT2D eigenvalue weighted by Gasteiger charge is 2.14. The Labute approximate surface area is 119 Å². The molecule has 1 aliphatic rings. The summed E-state index contributed by atoms with van der Waals surface area (Å²) in [6, 6.07) is 1.68. The smallest absolute Gasteiger partial charge is 0.267 e. The average Bonchev–Trinajstić information content (AvgIpc) is 2.98. The maximum absolute atomic E-state index is 11.9. The van der Waals surface area contributed by atoms with Crippen molar-refractivity contribution in [1.82, 2.24) is 9.88 Å². The topological polar surface area (TPSA) is 43.3 Å². The number of nitrogens with zero attached hydrogens (tertiary/aromatic N) is 1. The summed E-state index contributed by atoms with van der Waals surface area (Å²) < 4.78 is 7.30. The van der Waals surface area contributed by atoms with Crippen LogP contribution in [0.4, 0.5) is 0 Å². The minimum atomic E-state index is -0.0634. The fraction of sp³-hybridized carbons (Fsp3) is 0.643. The van der Waals surface area contributed by atoms with Gasteiger partial charge in [-0.1, -0.05) is 11.6 Å². The summed E-state index contributed by atoms with van der Waals surface area (Å²) >= 11 is 5.85. The molecular formula is C14H21ClN2O2. The predicted molar refractivity (Wildman–Crippen MR) is 75.6 cm³/mol. The van der Waals surface area contributed by atoms with Gasteiger partial charge in [0.1, 0.15) is 5.69 Å². The summed E-state index contributed by atoms with van der Waals surface area (Å²) in [5.74, 6) is -0.0634. The van der Waals surface area contributed by atoms with Gasteiger partial charge < -0.3 is 14.6 Å². The van der Waals surface area contributed by atoms with Crippen molar-refractivity contribution < 1.29 is 9.53 Å². The minimum Gasteiger partial charge on any atom is -0.378 e. The Kier molecular flexibility index (Phi) is 5.28. The number of rotatable bonds is 6. The normalized spacial score (nSPS) is 18.7. The number of halogens is 1. The molecule has 1 aromatic heterocycles. The highest BCUT2D eigenvalue weighted by atomic mass is 35.5. The van der Waals surface area contributed by atoms with Crippen molar-refractivity contribution in [3.8, 4) is 0 Å². The first-order chi connectivity index (χ1) is 9.16. The molecule has 1 aromatic rings. The van der Waals surface area contributed by atoms with Gasteiger partial charge in [-0.25, -0.2) is 0 Å². The lowest BCUT2D eigenvalue weighted by atomic mass is 10.1. The molecule has 0 bridgehead atoms. The second-order valence-electron chi connectivity index (χ2n) is 5.04. The van der Waals surface area contributed by atoms with Gasteiger partial charge in [-0.3, -0.25) is 4.79 Å². The number of carbonyl (C=O) groups excluding carboxylic acids is 1. The van der Waals surface area contributed by atoms with E-state index in [0.717, 1.165) is 25.9 Å². The number of nitrogens with one attached hydrogen (secondary N) is 1. The van der Waals surface area contributed by atoms with E-state index in [9.17, 15) is 4.79 Å². The van der Waals surface area contributed by atoms with E-state index in [2.05, 4.69) is 5.32 Å². The van der Waals surface area contributed by atoms with E-state index in [1.807, 2.05) is 7.05 Å². The third-order valence-corrected chi connectivity index (χ3v) is 3.67. The van der Waals surface area contributed by atoms with Crippen LogP contribution in [0.15, 0.2) is 12.3 Å². The molecule has 0 spiro atoms. The van der Waals surface area contributed by atoms with Crippen LogP contribution in [0, 0.1) is 0 Å². The molecule has 106 valence electrons. The summed E-state index contributed by atoms with van der Waals surface area (Å²) in [5.41, 5.74) is 0.601. The number of unbranched alkanes of at least 4 members (excludes halogenated alkanes) is 1. The molecule has 4 nitrogen and oxygen atoms in total. The van der Waals surface area contributed by atoms with Crippen LogP contribution in [0.1, 0.15) is 42.6 Å². The summed E-state index contributed by atoms with van der Waals surface area (Å²) in [5, 5.41) is 3.51. The molecule has 1 saturated heterocycles. The second-order valence-corrected chi connectivity index (χ2v) is 5.48. The molecule has 1 fully saturated rings. The number of amides is 1. The predicted octanol–water partition coefficient (Wildman–Crippen LogP) is 2.76. The van der Waals surface area contributed by atoms with Gasteiger partial charge in [-0.15, -0.1) is 0 Å². The molecule has 0 aromatic carbocycles. The minimum absolute atomic E-state index is 0.0634. The highest BCUT2D eigenvalue weighted by Crippen LogP contribution is 2.17. The zero-order valence-corrected chi connectivity index (χ0v) is 12.1. The molecule has 1 aliphatic heterocycles. The van der Waals surface area contributed by atoms with E-state index in [0.29, 0.717) is 23.4 Å². The van der Waals surface area contributed by atoms with E-state index < -0.39 is 0 Å². The molecule has 0 aliphatic carbocycles. The van der Waals surface area contributed by atoms with Crippen molar-refractivity contribution in [3.63, 3.8) is 0 Å². The van der Waals surface area contributed by atoms with E-state index in [1.54, 1.807) is 16.8 Å². The van der Waals surface area contributed by atoms with Crippen LogP contribution < -0.4 is 5.32 Å². The molecule has 1 N–H and O–H groups in total. The summed E-state index contributed by atoms with van der Waals surface area (Å²) in [6.45, 7) is 1.62. The quantitative estimate of drug-likeness (QED) is 0.816. The Morgan fingerprint density at radius 2 is 2.42 bits per heavy atom. The van der Waals surface area contributed by atoms with Crippen LogP contribution >= 0.6 is 11.6 Å². The van der Waals surface area contributed by atoms with Crippen molar-refractivity contribution in [2.24, 2.45) is 7.05 Å². The zero-order chi connectivity index (χ0) is 13.7. The molecule has 1 atom stereocenters. The third-order valence-electron chi connectivity index (χ3n) is 3.47. The first-order valence-electron chi connectivity index (χ1n) is 6.88. The molecule has 2 heterocycles. The fourth-order valence-electron chi connectivity index (χ4n) is 2.41. The summed E-state index contributed by atoms with van der Waals surface area (Å²) in [7, 11) is 1.82. The molecule has 19 heavy (non-hydrogen) atoms. The number of hydrogen-bond donors (Lipinski definition) is 1. The van der Waals surface area contributed by atoms with Gasteiger partial charge in [0.05, 0.1) is 11.1 Å². The number of hydrogen-bond acceptors (Lipinski definition) is 2. The number of aryl methyl sites for hydroxylation is 1. The lowest BCUT2D eigenvalue weighted by Gasteiger charge is -2.09. The first-order valence-corrected chi connectivity index (χ1v) is 7.26. The SMILES string of the molecule is Cn1cc(Cl)cc1C(=O)NCCCC[C@@H]1CCCO1. The van der Waals surface area contributed by atoms with Gasteiger partial charge >= 0.3 is 0 Å². The molecule has 2 rings (SSSR count). The van der Waals surface area contributed by atoms with E-state index in [1.165, 1.54) is 12.8 Å². The van der Waals surface area contributed by atoms with Gasteiger partial charge in [0, 0.05) is 26.4 Å². The van der Waals surface area contributed by atoms with Gasteiger partial charge in [0.2, 0.25) is 0 Å². The maximum atomic E-state index is 11.9. The van der Waals surface area contributed by atoms with Crippen molar-refractivity contribution in [2.75, 3.05) is 13.2 Å². The Balaban J connectivity index is 1.62. The maximum Gasteiger partial charge on any atom is 0.267 e. The van der Waals surface area contributed by atoms with E-state index in [-0.39, 0.29) is 5.91 Å². The largest absolute Gasteiger partial charge is 0.378 e. The molecule has 0 radical (unpaired) electrons. The summed E-state index contributed by atoms with van der Waals surface area (Å²) in [6.07, 6.45) is 7.74. The Hall–Kier alpha value is -1.00. The fourth-order valence-corrected chi connectivity index (χ4v) is 2.66. The molecule has 1 amide bonds. The number of aromatic nitrogens is 1. The number of ether oxygens (including phenoxy) is 1. The van der Waals surface area contributed by atoms with Crippen LogP contribution in [-0.2, 0) is 11.8 Å². The van der Waals surface area contributed by atoms with Crippen LogP contribution in [0.25, 0.3) is 0 Å². The Morgan fingerprint density at radius 3 is 3.05 bits per heavy atom. The summed E-state index contributed by atoms with van der Waals surface area (Å²) in [4.78, 5) is 11.9. The van der Waals surface area contributed by atoms with E-state index >= 15 is 0 Å². The molecular weight excluding hydrogens is 264 g/mol. The second kappa shape index (κ2) is 6.96. The van der Waals surface area contributed by atoms with Crippen LogP contribution in [0.5, 0.6) is 0 Å². The van der Waals surface area contributed by atoms with Crippen molar-refractivity contribution >= 4 is 17.5 Å². The van der Waals surface area contributed by atoms with Crippen molar-refractivity contribution in [1.29, 1.82) is 0 Å². The highest BCUT2D eigenvalue weighted by molar-refractivity contribution is 6.31. The van der Waals surface area contributed by atoms with Gasteiger partial charge in [-0.2, -0.15) is 0 Å². The molecule has 5 heteroatoms. The zero-order valence-electron chi connectivity index (χ0n) is 11.3. The van der Waals surface area contributed by atoms with E-state index in [4.69, 9.17) is 16.3 Å². The van der Waals surface area contributed by atoms with Crippen LogP contribution in [0.3, 0.4) is 0 Å². The molecule has 0 saturated carbocycles. The average molecular weight is 285 g/mol. The monoisotopic (exact) mass is 284 g/mol. The van der Waals surface area contributed by atoms with Gasteiger partial charge in [-0.05, 0) is 38.2 Å². The van der Waals surface area contributed by atoms with Gasteiger partial charge in [0.25, 0.3) is 5.91 Å². The van der Waals surface area contributed by atoms with Gasteiger partial charge in [0.15, 0.2) is 0 Å². The lowest BCUT2D eigenvalue weighted by molar-refractivity contribution is 0.0939. The van der Waals surface area contributed by atoms with Crippen LogP contribution in [0.2, 0.25) is 5.02 Å². The standard InChI is InChI=1S/C14H21ClN2O2/c1-17-10-11(15)9-13(17)14(18)16-7-3-2-5-12-6-4-8-19-12/h9-10,12H,2-8H2,1H3,(H,16,18)/t12-/m1/s1.